The fraction of sp³-hybridized carbons (Fsp3) is 0.375. The Morgan fingerprint density at radius 1 is 1.00 bits per heavy atom. The number of alkyl halides is 3. The van der Waals surface area contributed by atoms with Crippen LogP contribution in [0.1, 0.15) is 31.2 Å². The lowest BCUT2D eigenvalue weighted by Crippen LogP contribution is -2.51. The van der Waals surface area contributed by atoms with Crippen LogP contribution in [-0.2, 0) is 20.6 Å². The quantitative estimate of drug-likeness (QED) is 0.637. The van der Waals surface area contributed by atoms with Crippen LogP contribution in [0, 0.1) is 0 Å². The number of para-hydroxylation sites is 1. The molecule has 2 aliphatic heterocycles. The lowest BCUT2D eigenvalue weighted by molar-refractivity contribution is -0.137. The Morgan fingerprint density at radius 3 is 2.41 bits per heavy atom. The van der Waals surface area contributed by atoms with Gasteiger partial charge in [0.25, 0.3) is 5.91 Å². The minimum absolute atomic E-state index is 0.0239. The first kappa shape index (κ1) is 24.1. The van der Waals surface area contributed by atoms with Gasteiger partial charge >= 0.3 is 6.18 Å². The summed E-state index contributed by atoms with van der Waals surface area (Å²) in [4.78, 5) is 43.0. The molecule has 2 heterocycles. The summed E-state index contributed by atoms with van der Waals surface area (Å²) in [6.45, 7) is 0.776. The van der Waals surface area contributed by atoms with Crippen molar-refractivity contribution in [1.82, 2.24) is 4.90 Å². The smallest absolute Gasteiger partial charge is 0.341 e. The van der Waals surface area contributed by atoms with E-state index < -0.39 is 35.3 Å². The summed E-state index contributed by atoms with van der Waals surface area (Å²) in [6, 6.07) is 11.3. The summed E-state index contributed by atoms with van der Waals surface area (Å²) in [6.07, 6.45) is -0.685. The Kier molecular flexibility index (Phi) is 7.16. The molecule has 0 aromatic heterocycles. The molecule has 2 aromatic carbocycles. The van der Waals surface area contributed by atoms with E-state index in [2.05, 4.69) is 5.32 Å². The van der Waals surface area contributed by atoms with Crippen LogP contribution in [0.3, 0.4) is 0 Å². The van der Waals surface area contributed by atoms with Gasteiger partial charge in [0.2, 0.25) is 11.8 Å². The van der Waals surface area contributed by atoms with Crippen LogP contribution >= 0.6 is 11.8 Å². The molecule has 3 amide bonds. The van der Waals surface area contributed by atoms with Gasteiger partial charge in [0.15, 0.2) is 5.25 Å². The maximum absolute atomic E-state index is 13.4. The monoisotopic (exact) mass is 491 g/mol. The zero-order valence-electron chi connectivity index (χ0n) is 18.3. The summed E-state index contributed by atoms with van der Waals surface area (Å²) in [5, 5.41) is 1.43. The first-order valence-corrected chi connectivity index (χ1v) is 11.9. The number of amides is 3. The first-order chi connectivity index (χ1) is 16.2. The summed E-state index contributed by atoms with van der Waals surface area (Å²) < 4.78 is 39.0. The topological polar surface area (TPSA) is 69.7 Å². The van der Waals surface area contributed by atoms with E-state index in [1.54, 1.807) is 29.2 Å². The predicted octanol–water partition coefficient (Wildman–Crippen LogP) is 4.55. The summed E-state index contributed by atoms with van der Waals surface area (Å²) in [5.74, 6) is -1.43. The number of anilines is 2. The van der Waals surface area contributed by atoms with Crippen LogP contribution in [0.4, 0.5) is 24.5 Å². The maximum Gasteiger partial charge on any atom is 0.416 e. The van der Waals surface area contributed by atoms with Gasteiger partial charge in [-0.1, -0.05) is 31.0 Å². The second kappa shape index (κ2) is 10.1. The van der Waals surface area contributed by atoms with E-state index in [1.165, 1.54) is 28.8 Å². The molecule has 0 saturated carbocycles. The van der Waals surface area contributed by atoms with Crippen molar-refractivity contribution in [3.63, 3.8) is 0 Å². The second-order valence-electron chi connectivity index (χ2n) is 8.26. The number of hydrogen-bond acceptors (Lipinski definition) is 4. The molecule has 1 unspecified atom stereocenters. The number of rotatable bonds is 4. The highest BCUT2D eigenvalue weighted by molar-refractivity contribution is 8.01. The molecule has 1 saturated heterocycles. The maximum atomic E-state index is 13.4. The molecule has 34 heavy (non-hydrogen) atoms. The number of halogens is 3. The van der Waals surface area contributed by atoms with Crippen LogP contribution in [0.15, 0.2) is 53.4 Å². The summed E-state index contributed by atoms with van der Waals surface area (Å²) >= 11 is 1.17. The standard InChI is InChI=1S/C24H24F3N3O3S/c25-24(26,27)16-8-7-9-17(14-16)28-20(31)15-30-18-10-3-4-11-19(18)34-21(23(30)33)22(32)29-12-5-1-2-6-13-29/h3-4,7-11,14,21H,1-2,5-6,12-13,15H2,(H,28,31). The molecule has 180 valence electrons. The van der Waals surface area contributed by atoms with E-state index >= 15 is 0 Å². The molecule has 0 aliphatic carbocycles. The van der Waals surface area contributed by atoms with Crippen molar-refractivity contribution >= 4 is 40.9 Å². The van der Waals surface area contributed by atoms with Gasteiger partial charge in [-0.15, -0.1) is 11.8 Å². The third kappa shape index (κ3) is 5.38. The molecule has 1 N–H and O–H groups in total. The number of likely N-dealkylation sites (tertiary alicyclic amines) is 1. The fourth-order valence-corrected chi connectivity index (χ4v) is 5.30. The number of benzene rings is 2. The number of thioether (sulfide) groups is 1. The van der Waals surface area contributed by atoms with Crippen LogP contribution in [-0.4, -0.2) is 47.5 Å². The zero-order valence-corrected chi connectivity index (χ0v) is 19.1. The van der Waals surface area contributed by atoms with Crippen LogP contribution in [0.5, 0.6) is 0 Å². The largest absolute Gasteiger partial charge is 0.416 e. The van der Waals surface area contributed by atoms with Gasteiger partial charge in [-0.2, -0.15) is 13.2 Å². The number of carbonyl (C=O) groups is 3. The van der Waals surface area contributed by atoms with E-state index in [-0.39, 0.29) is 11.6 Å². The summed E-state index contributed by atoms with van der Waals surface area (Å²) in [7, 11) is 0. The minimum Gasteiger partial charge on any atom is -0.341 e. The molecule has 10 heteroatoms. The van der Waals surface area contributed by atoms with E-state index in [4.69, 9.17) is 0 Å². The zero-order chi connectivity index (χ0) is 24.3. The average Bonchev–Trinajstić information content (AvgIpc) is 3.09. The van der Waals surface area contributed by atoms with Crippen molar-refractivity contribution in [3.8, 4) is 0 Å². The van der Waals surface area contributed by atoms with E-state index in [1.807, 2.05) is 0 Å². The lowest BCUT2D eigenvalue weighted by Gasteiger charge is -2.34. The van der Waals surface area contributed by atoms with Gasteiger partial charge in [0.1, 0.15) is 6.54 Å². The number of carbonyl (C=O) groups excluding carboxylic acids is 3. The van der Waals surface area contributed by atoms with Gasteiger partial charge in [-0.05, 0) is 43.2 Å². The molecular formula is C24H24F3N3O3S. The normalized spacial score (nSPS) is 18.8. The van der Waals surface area contributed by atoms with E-state index in [9.17, 15) is 27.6 Å². The van der Waals surface area contributed by atoms with Gasteiger partial charge in [0.05, 0.1) is 11.3 Å². The van der Waals surface area contributed by atoms with Crippen molar-refractivity contribution < 1.29 is 27.6 Å². The van der Waals surface area contributed by atoms with Crippen molar-refractivity contribution in [2.75, 3.05) is 29.9 Å². The van der Waals surface area contributed by atoms with Gasteiger partial charge in [-0.25, -0.2) is 0 Å². The lowest BCUT2D eigenvalue weighted by atomic mass is 10.2. The van der Waals surface area contributed by atoms with Crippen molar-refractivity contribution in [2.24, 2.45) is 0 Å². The predicted molar refractivity (Wildman–Crippen MR) is 124 cm³/mol. The number of nitrogens with zero attached hydrogens (tertiary/aromatic N) is 2. The molecule has 2 aliphatic rings. The number of nitrogens with one attached hydrogen (secondary N) is 1. The third-order valence-electron chi connectivity index (χ3n) is 5.81. The molecule has 0 spiro atoms. The van der Waals surface area contributed by atoms with E-state index in [0.717, 1.165) is 37.8 Å². The number of fused-ring (bicyclic) bond motifs is 1. The Balaban J connectivity index is 1.53. The highest BCUT2D eigenvalue weighted by Gasteiger charge is 2.41. The average molecular weight is 492 g/mol. The van der Waals surface area contributed by atoms with Gasteiger partial charge in [-0.3, -0.25) is 14.4 Å². The molecule has 1 fully saturated rings. The SMILES string of the molecule is O=C(CN1C(=O)C(C(=O)N2CCCCCC2)Sc2ccccc21)Nc1cccc(C(F)(F)F)c1. The molecule has 0 bridgehead atoms. The first-order valence-electron chi connectivity index (χ1n) is 11.1. The van der Waals surface area contributed by atoms with Crippen molar-refractivity contribution in [2.45, 2.75) is 42.0 Å². The Labute approximate surface area is 199 Å². The van der Waals surface area contributed by atoms with Crippen molar-refractivity contribution in [3.05, 3.63) is 54.1 Å². The fourth-order valence-electron chi connectivity index (χ4n) is 4.11. The third-order valence-corrected chi connectivity index (χ3v) is 7.05. The molecular weight excluding hydrogens is 467 g/mol. The minimum atomic E-state index is -4.54. The highest BCUT2D eigenvalue weighted by atomic mass is 32.2. The molecule has 1 atom stereocenters. The van der Waals surface area contributed by atoms with Gasteiger partial charge < -0.3 is 15.1 Å². The molecule has 0 radical (unpaired) electrons. The van der Waals surface area contributed by atoms with Crippen molar-refractivity contribution in [1.29, 1.82) is 0 Å². The Bertz CT molecular complexity index is 1080. The molecule has 2 aromatic rings. The highest BCUT2D eigenvalue weighted by Crippen LogP contribution is 2.40. The van der Waals surface area contributed by atoms with Crippen LogP contribution in [0.2, 0.25) is 0 Å². The second-order valence-corrected chi connectivity index (χ2v) is 9.40. The number of hydrogen-bond donors (Lipinski definition) is 1. The molecule has 6 nitrogen and oxygen atoms in total. The van der Waals surface area contributed by atoms with Crippen LogP contribution < -0.4 is 10.2 Å². The Hall–Kier alpha value is -3.01. The van der Waals surface area contributed by atoms with Crippen LogP contribution in [0.25, 0.3) is 0 Å². The van der Waals surface area contributed by atoms with E-state index in [0.29, 0.717) is 23.7 Å². The summed E-state index contributed by atoms with van der Waals surface area (Å²) in [5.41, 5.74) is -0.412. The Morgan fingerprint density at radius 2 is 1.71 bits per heavy atom. The molecule has 4 rings (SSSR count). The van der Waals surface area contributed by atoms with Gasteiger partial charge in [0, 0.05) is 23.7 Å².